The molecule has 0 aliphatic carbocycles. The first-order valence-electron chi connectivity index (χ1n) is 8.69. The van der Waals surface area contributed by atoms with Crippen LogP contribution in [0.25, 0.3) is 0 Å². The van der Waals surface area contributed by atoms with Gasteiger partial charge in [-0.15, -0.1) is 0 Å². The Hall–Kier alpha value is -2.61. The summed E-state index contributed by atoms with van der Waals surface area (Å²) < 4.78 is 12.0. The maximum Gasteiger partial charge on any atom is 0.287 e. The number of nitrogens with zero attached hydrogens (tertiary/aromatic N) is 3. The maximum atomic E-state index is 12.2. The van der Waals surface area contributed by atoms with Crippen LogP contribution in [0.5, 0.6) is 5.75 Å². The van der Waals surface area contributed by atoms with Crippen molar-refractivity contribution >= 4 is 5.91 Å². The number of ether oxygens (including phenoxy) is 1. The summed E-state index contributed by atoms with van der Waals surface area (Å²) in [7, 11) is 1.37. The number of aromatic nitrogens is 2. The second-order valence-corrected chi connectivity index (χ2v) is 6.84. The summed E-state index contributed by atoms with van der Waals surface area (Å²) in [6.07, 6.45) is 1.13. The standard InChI is InChI=1S/C18H24N4O4/c1-12(2)9-21-4-5-22-14(10-21)6-13(20-22)8-19-18(24)16-7-15(23)17(25-3)11-26-16/h6-7,11-12H,4-5,8-10H2,1-3H3,(H,19,24). The molecule has 0 saturated heterocycles. The fourth-order valence-corrected chi connectivity index (χ4v) is 3.06. The van der Waals surface area contributed by atoms with Crippen LogP contribution in [0.15, 0.2) is 27.6 Å². The summed E-state index contributed by atoms with van der Waals surface area (Å²) in [4.78, 5) is 26.3. The van der Waals surface area contributed by atoms with Gasteiger partial charge in [0.15, 0.2) is 5.76 Å². The van der Waals surface area contributed by atoms with E-state index in [4.69, 9.17) is 9.15 Å². The van der Waals surface area contributed by atoms with Crippen molar-refractivity contribution in [2.75, 3.05) is 20.2 Å². The zero-order valence-corrected chi connectivity index (χ0v) is 15.3. The molecule has 0 saturated carbocycles. The van der Waals surface area contributed by atoms with Gasteiger partial charge in [0.05, 0.1) is 31.6 Å². The van der Waals surface area contributed by atoms with Crippen LogP contribution in [-0.2, 0) is 19.6 Å². The van der Waals surface area contributed by atoms with Crippen LogP contribution in [-0.4, -0.2) is 40.8 Å². The zero-order chi connectivity index (χ0) is 18.7. The number of rotatable bonds is 6. The van der Waals surface area contributed by atoms with Gasteiger partial charge in [-0.2, -0.15) is 5.10 Å². The lowest BCUT2D eigenvalue weighted by molar-refractivity contribution is 0.0919. The molecular weight excluding hydrogens is 336 g/mol. The minimum Gasteiger partial charge on any atom is -0.490 e. The molecule has 0 aromatic carbocycles. The van der Waals surface area contributed by atoms with E-state index in [1.807, 2.05) is 10.7 Å². The summed E-state index contributed by atoms with van der Waals surface area (Å²) in [5.41, 5.74) is 1.54. The average Bonchev–Trinajstić information content (AvgIpc) is 3.01. The highest BCUT2D eigenvalue weighted by atomic mass is 16.5. The van der Waals surface area contributed by atoms with Gasteiger partial charge in [-0.25, -0.2) is 0 Å². The Balaban J connectivity index is 1.61. The monoisotopic (exact) mass is 360 g/mol. The lowest BCUT2D eigenvalue weighted by Crippen LogP contribution is -2.36. The molecule has 0 radical (unpaired) electrons. The molecule has 0 spiro atoms. The Bertz CT molecular complexity index is 840. The number of carbonyl (C=O) groups is 1. The fraction of sp³-hybridized carbons (Fsp3) is 0.500. The van der Waals surface area contributed by atoms with E-state index in [2.05, 4.69) is 29.2 Å². The van der Waals surface area contributed by atoms with Crippen LogP contribution in [0, 0.1) is 5.92 Å². The van der Waals surface area contributed by atoms with Crippen LogP contribution in [0.4, 0.5) is 0 Å². The molecule has 1 N–H and O–H groups in total. The van der Waals surface area contributed by atoms with Gasteiger partial charge < -0.3 is 14.5 Å². The number of fused-ring (bicyclic) bond motifs is 1. The third-order valence-corrected chi connectivity index (χ3v) is 4.22. The Morgan fingerprint density at radius 1 is 1.38 bits per heavy atom. The molecule has 140 valence electrons. The van der Waals surface area contributed by atoms with Crippen molar-refractivity contribution in [3.63, 3.8) is 0 Å². The Labute approximate surface area is 151 Å². The first-order valence-corrected chi connectivity index (χ1v) is 8.69. The van der Waals surface area contributed by atoms with E-state index >= 15 is 0 Å². The Morgan fingerprint density at radius 3 is 2.88 bits per heavy atom. The smallest absolute Gasteiger partial charge is 0.287 e. The lowest BCUT2D eigenvalue weighted by Gasteiger charge is -2.28. The van der Waals surface area contributed by atoms with E-state index in [9.17, 15) is 9.59 Å². The van der Waals surface area contributed by atoms with Gasteiger partial charge >= 0.3 is 0 Å². The summed E-state index contributed by atoms with van der Waals surface area (Å²) in [6, 6.07) is 3.13. The van der Waals surface area contributed by atoms with E-state index in [1.165, 1.54) is 7.11 Å². The predicted octanol–water partition coefficient (Wildman–Crippen LogP) is 1.25. The molecule has 0 bridgehead atoms. The summed E-state index contributed by atoms with van der Waals surface area (Å²) in [5, 5.41) is 7.27. The molecule has 2 aromatic rings. The van der Waals surface area contributed by atoms with E-state index in [0.717, 1.165) is 49.9 Å². The zero-order valence-electron chi connectivity index (χ0n) is 15.3. The van der Waals surface area contributed by atoms with Crippen LogP contribution in [0.3, 0.4) is 0 Å². The molecular formula is C18H24N4O4. The second-order valence-electron chi connectivity index (χ2n) is 6.84. The highest BCUT2D eigenvalue weighted by Crippen LogP contribution is 2.15. The van der Waals surface area contributed by atoms with Gasteiger partial charge in [0, 0.05) is 25.7 Å². The minimum atomic E-state index is -0.461. The number of amides is 1. The number of hydrogen-bond acceptors (Lipinski definition) is 6. The molecule has 0 atom stereocenters. The molecule has 1 amide bonds. The molecule has 1 aliphatic rings. The molecule has 0 unspecified atom stereocenters. The van der Waals surface area contributed by atoms with E-state index < -0.39 is 11.3 Å². The Morgan fingerprint density at radius 2 is 2.19 bits per heavy atom. The molecule has 8 nitrogen and oxygen atoms in total. The van der Waals surface area contributed by atoms with Gasteiger partial charge in [0.1, 0.15) is 6.26 Å². The number of methoxy groups -OCH3 is 1. The summed E-state index contributed by atoms with van der Waals surface area (Å²) in [6.45, 7) is 8.47. The van der Waals surface area contributed by atoms with E-state index in [-0.39, 0.29) is 18.1 Å². The van der Waals surface area contributed by atoms with Crippen molar-refractivity contribution in [2.45, 2.75) is 33.5 Å². The molecule has 26 heavy (non-hydrogen) atoms. The normalized spacial score (nSPS) is 14.3. The molecule has 3 rings (SSSR count). The quantitative estimate of drug-likeness (QED) is 0.834. The topological polar surface area (TPSA) is 89.6 Å². The predicted molar refractivity (Wildman–Crippen MR) is 95.0 cm³/mol. The third-order valence-electron chi connectivity index (χ3n) is 4.22. The summed E-state index contributed by atoms with van der Waals surface area (Å²) in [5.74, 6) is 0.178. The molecule has 0 fully saturated rings. The number of carbonyl (C=O) groups excluding carboxylic acids is 1. The highest BCUT2D eigenvalue weighted by Gasteiger charge is 2.19. The number of hydrogen-bond donors (Lipinski definition) is 1. The van der Waals surface area contributed by atoms with Crippen molar-refractivity contribution in [3.8, 4) is 5.75 Å². The highest BCUT2D eigenvalue weighted by molar-refractivity contribution is 5.91. The van der Waals surface area contributed by atoms with E-state index in [1.54, 1.807) is 0 Å². The van der Waals surface area contributed by atoms with Gasteiger partial charge in [-0.05, 0) is 12.0 Å². The third kappa shape index (κ3) is 4.13. The van der Waals surface area contributed by atoms with Crippen LogP contribution in [0.2, 0.25) is 0 Å². The SMILES string of the molecule is COc1coc(C(=O)NCc2cc3n(n2)CCN(CC(C)C)C3)cc1=O. The van der Waals surface area contributed by atoms with Gasteiger partial charge in [0.25, 0.3) is 5.91 Å². The van der Waals surface area contributed by atoms with Gasteiger partial charge in [-0.1, -0.05) is 13.8 Å². The minimum absolute atomic E-state index is 0.0529. The Kier molecular flexibility index (Phi) is 5.41. The fourth-order valence-electron chi connectivity index (χ4n) is 3.06. The van der Waals surface area contributed by atoms with Crippen LogP contribution in [0.1, 0.15) is 35.8 Å². The van der Waals surface area contributed by atoms with Crippen molar-refractivity contribution in [1.82, 2.24) is 20.0 Å². The van der Waals surface area contributed by atoms with Crippen molar-refractivity contribution < 1.29 is 13.9 Å². The van der Waals surface area contributed by atoms with Crippen LogP contribution < -0.4 is 15.5 Å². The summed E-state index contributed by atoms with van der Waals surface area (Å²) >= 11 is 0. The molecule has 2 aromatic heterocycles. The van der Waals surface area contributed by atoms with Gasteiger partial charge in [0.2, 0.25) is 11.2 Å². The van der Waals surface area contributed by atoms with E-state index in [0.29, 0.717) is 5.92 Å². The first kappa shape index (κ1) is 18.2. The second kappa shape index (κ2) is 7.74. The maximum absolute atomic E-state index is 12.2. The molecule has 1 aliphatic heterocycles. The molecule has 3 heterocycles. The largest absolute Gasteiger partial charge is 0.490 e. The first-order chi connectivity index (χ1) is 12.5. The van der Waals surface area contributed by atoms with Crippen molar-refractivity contribution in [3.05, 3.63) is 45.8 Å². The molecule has 8 heteroatoms. The number of nitrogens with one attached hydrogen (secondary N) is 1. The lowest BCUT2D eigenvalue weighted by atomic mass is 10.2. The average molecular weight is 360 g/mol. The van der Waals surface area contributed by atoms with Crippen LogP contribution >= 0.6 is 0 Å². The van der Waals surface area contributed by atoms with Crippen molar-refractivity contribution in [2.24, 2.45) is 5.92 Å². The van der Waals surface area contributed by atoms with Gasteiger partial charge in [-0.3, -0.25) is 19.2 Å². The van der Waals surface area contributed by atoms with Crippen molar-refractivity contribution in [1.29, 1.82) is 0 Å².